The monoisotopic (exact) mass is 293 g/mol. The predicted molar refractivity (Wildman–Crippen MR) is 79.8 cm³/mol. The largest absolute Gasteiger partial charge is 0.492 e. The molecule has 0 aromatic heterocycles. The number of hydrazine groups is 1. The quantitative estimate of drug-likeness (QED) is 0.415. The molecule has 0 spiro atoms. The van der Waals surface area contributed by atoms with Crippen LogP contribution in [0.25, 0.3) is 0 Å². The molecule has 0 aliphatic carbocycles. The van der Waals surface area contributed by atoms with E-state index in [-0.39, 0.29) is 12.0 Å². The molecule has 21 heavy (non-hydrogen) atoms. The van der Waals surface area contributed by atoms with Gasteiger partial charge in [0.05, 0.1) is 6.10 Å². The van der Waals surface area contributed by atoms with E-state index >= 15 is 0 Å². The van der Waals surface area contributed by atoms with Gasteiger partial charge in [0.1, 0.15) is 12.4 Å². The first kappa shape index (κ1) is 15.8. The average molecular weight is 293 g/mol. The maximum Gasteiger partial charge on any atom is 0.265 e. The van der Waals surface area contributed by atoms with Gasteiger partial charge in [-0.2, -0.15) is 0 Å². The van der Waals surface area contributed by atoms with Gasteiger partial charge in [-0.3, -0.25) is 15.1 Å². The smallest absolute Gasteiger partial charge is 0.265 e. The van der Waals surface area contributed by atoms with Crippen LogP contribution in [-0.4, -0.2) is 48.3 Å². The molecule has 0 saturated carbocycles. The van der Waals surface area contributed by atoms with Crippen molar-refractivity contribution in [1.29, 1.82) is 0 Å². The molecule has 2 unspecified atom stereocenters. The van der Waals surface area contributed by atoms with E-state index in [1.54, 1.807) is 18.2 Å². The van der Waals surface area contributed by atoms with Gasteiger partial charge in [0.2, 0.25) is 0 Å². The number of nitrogens with one attached hydrogen (secondary N) is 1. The Labute approximate surface area is 124 Å². The van der Waals surface area contributed by atoms with E-state index in [9.17, 15) is 9.90 Å². The van der Waals surface area contributed by atoms with Gasteiger partial charge < -0.3 is 9.84 Å². The van der Waals surface area contributed by atoms with Crippen molar-refractivity contribution >= 4 is 5.91 Å². The molecule has 116 valence electrons. The van der Waals surface area contributed by atoms with Crippen LogP contribution in [0.2, 0.25) is 0 Å². The Morgan fingerprint density at radius 2 is 2.38 bits per heavy atom. The van der Waals surface area contributed by atoms with Gasteiger partial charge in [0, 0.05) is 25.2 Å². The van der Waals surface area contributed by atoms with E-state index in [4.69, 9.17) is 10.6 Å². The molecule has 2 atom stereocenters. The molecule has 1 aromatic carbocycles. The van der Waals surface area contributed by atoms with Gasteiger partial charge in [-0.05, 0) is 30.5 Å². The number of aliphatic hydroxyl groups is 1. The number of carbonyl (C=O) groups is 1. The first-order valence-electron chi connectivity index (χ1n) is 7.24. The van der Waals surface area contributed by atoms with Crippen LogP contribution in [0.4, 0.5) is 0 Å². The zero-order valence-electron chi connectivity index (χ0n) is 12.3. The summed E-state index contributed by atoms with van der Waals surface area (Å²) in [5.41, 5.74) is 2.58. The van der Waals surface area contributed by atoms with E-state index in [2.05, 4.69) is 17.2 Å². The number of nitrogens with two attached hydrogens (primary N) is 1. The average Bonchev–Trinajstić information content (AvgIpc) is 2.50. The molecule has 6 heteroatoms. The molecule has 1 heterocycles. The minimum absolute atomic E-state index is 0.186. The fourth-order valence-corrected chi connectivity index (χ4v) is 2.53. The Balaban J connectivity index is 1.80. The highest BCUT2D eigenvalue weighted by atomic mass is 16.5. The fraction of sp³-hybridized carbons (Fsp3) is 0.533. The molecule has 0 bridgehead atoms. The Morgan fingerprint density at radius 1 is 1.57 bits per heavy atom. The molecule has 1 aromatic rings. The van der Waals surface area contributed by atoms with Crippen molar-refractivity contribution in [3.8, 4) is 5.75 Å². The number of rotatable bonds is 5. The lowest BCUT2D eigenvalue weighted by Crippen LogP contribution is -2.43. The molecule has 6 nitrogen and oxygen atoms in total. The first-order chi connectivity index (χ1) is 10.1. The maximum absolute atomic E-state index is 11.4. The number of nitrogens with zero attached hydrogens (tertiary/aromatic N) is 1. The molecule has 4 N–H and O–H groups in total. The van der Waals surface area contributed by atoms with Crippen molar-refractivity contribution in [2.75, 3.05) is 26.2 Å². The van der Waals surface area contributed by atoms with Crippen molar-refractivity contribution in [3.05, 3.63) is 29.8 Å². The second-order valence-corrected chi connectivity index (χ2v) is 5.48. The van der Waals surface area contributed by atoms with Gasteiger partial charge in [0.15, 0.2) is 0 Å². The molecule has 1 aliphatic rings. The minimum Gasteiger partial charge on any atom is -0.492 e. The first-order valence-corrected chi connectivity index (χ1v) is 7.24. The lowest BCUT2D eigenvalue weighted by molar-refractivity contribution is 0.0304. The number of nitrogen functional groups attached to an aromatic ring is 1. The summed E-state index contributed by atoms with van der Waals surface area (Å²) in [4.78, 5) is 13.7. The standard InChI is InChI=1S/C15H23N3O3/c1-11-10-18(6-5-14(11)19)7-8-21-13-4-2-3-12(9-13)15(20)17-16/h2-4,9,11,14,19H,5-8,10,16H2,1H3,(H,17,20). The van der Waals surface area contributed by atoms with Crippen LogP contribution in [0.5, 0.6) is 5.75 Å². The van der Waals surface area contributed by atoms with Crippen LogP contribution in [0.15, 0.2) is 24.3 Å². The Kier molecular flexibility index (Phi) is 5.55. The van der Waals surface area contributed by atoms with Gasteiger partial charge >= 0.3 is 0 Å². The topological polar surface area (TPSA) is 87.8 Å². The number of hydrogen-bond donors (Lipinski definition) is 3. The minimum atomic E-state index is -0.334. The second-order valence-electron chi connectivity index (χ2n) is 5.48. The summed E-state index contributed by atoms with van der Waals surface area (Å²) in [7, 11) is 0. The van der Waals surface area contributed by atoms with Crippen molar-refractivity contribution in [3.63, 3.8) is 0 Å². The third-order valence-corrected chi connectivity index (χ3v) is 3.85. The van der Waals surface area contributed by atoms with E-state index in [1.807, 2.05) is 6.07 Å². The van der Waals surface area contributed by atoms with Crippen LogP contribution in [0, 0.1) is 5.92 Å². The number of carbonyl (C=O) groups excluding carboxylic acids is 1. The number of aliphatic hydroxyl groups excluding tert-OH is 1. The van der Waals surface area contributed by atoms with Crippen LogP contribution < -0.4 is 16.0 Å². The number of benzene rings is 1. The number of ether oxygens (including phenoxy) is 1. The molecule has 1 aliphatic heterocycles. The summed E-state index contributed by atoms with van der Waals surface area (Å²) < 4.78 is 5.68. The van der Waals surface area contributed by atoms with Crippen molar-refractivity contribution in [1.82, 2.24) is 10.3 Å². The zero-order chi connectivity index (χ0) is 15.2. The maximum atomic E-state index is 11.4. The van der Waals surface area contributed by atoms with Crippen molar-refractivity contribution in [2.45, 2.75) is 19.4 Å². The van der Waals surface area contributed by atoms with Gasteiger partial charge in [-0.1, -0.05) is 13.0 Å². The summed E-state index contributed by atoms with van der Waals surface area (Å²) >= 11 is 0. The predicted octanol–water partition coefficient (Wildman–Crippen LogP) is 0.372. The van der Waals surface area contributed by atoms with Crippen LogP contribution in [0.3, 0.4) is 0 Å². The van der Waals surface area contributed by atoms with Crippen LogP contribution in [-0.2, 0) is 0 Å². The highest BCUT2D eigenvalue weighted by molar-refractivity contribution is 5.94. The van der Waals surface area contributed by atoms with Gasteiger partial charge in [-0.25, -0.2) is 5.84 Å². The van der Waals surface area contributed by atoms with Gasteiger partial charge in [-0.15, -0.1) is 0 Å². The zero-order valence-corrected chi connectivity index (χ0v) is 12.3. The van der Waals surface area contributed by atoms with E-state index < -0.39 is 0 Å². The molecule has 1 fully saturated rings. The molecule has 1 amide bonds. The molecule has 1 saturated heterocycles. The number of hydrogen-bond acceptors (Lipinski definition) is 5. The summed E-state index contributed by atoms with van der Waals surface area (Å²) in [5.74, 6) is 5.73. The van der Waals surface area contributed by atoms with Gasteiger partial charge in [0.25, 0.3) is 5.91 Å². The number of amides is 1. The van der Waals surface area contributed by atoms with Crippen molar-refractivity contribution in [2.24, 2.45) is 11.8 Å². The normalized spacial score (nSPS) is 22.8. The van der Waals surface area contributed by atoms with E-state index in [0.29, 0.717) is 23.8 Å². The Bertz CT molecular complexity index is 481. The summed E-state index contributed by atoms with van der Waals surface area (Å²) in [5, 5.41) is 9.70. The summed E-state index contributed by atoms with van der Waals surface area (Å²) in [6, 6.07) is 6.93. The Morgan fingerprint density at radius 3 is 3.10 bits per heavy atom. The molecular weight excluding hydrogens is 270 g/mol. The lowest BCUT2D eigenvalue weighted by Gasteiger charge is -2.34. The summed E-state index contributed by atoms with van der Waals surface area (Å²) in [6.45, 7) is 5.21. The highest BCUT2D eigenvalue weighted by Crippen LogP contribution is 2.17. The van der Waals surface area contributed by atoms with Crippen LogP contribution in [0.1, 0.15) is 23.7 Å². The summed E-state index contributed by atoms with van der Waals surface area (Å²) in [6.07, 6.45) is 0.626. The SMILES string of the molecule is CC1CN(CCOc2cccc(C(=O)NN)c2)CCC1O. The third kappa shape index (κ3) is 4.42. The molecule has 2 rings (SSSR count). The van der Waals surface area contributed by atoms with Crippen LogP contribution >= 0.6 is 0 Å². The molecule has 0 radical (unpaired) electrons. The highest BCUT2D eigenvalue weighted by Gasteiger charge is 2.23. The molecular formula is C15H23N3O3. The third-order valence-electron chi connectivity index (χ3n) is 3.85. The van der Waals surface area contributed by atoms with Crippen molar-refractivity contribution < 1.29 is 14.6 Å². The van der Waals surface area contributed by atoms with E-state index in [0.717, 1.165) is 26.1 Å². The number of piperidine rings is 1. The second kappa shape index (κ2) is 7.40. The Hall–Kier alpha value is -1.63. The van der Waals surface area contributed by atoms with E-state index in [1.165, 1.54) is 0 Å². The lowest BCUT2D eigenvalue weighted by atomic mass is 9.97. The number of likely N-dealkylation sites (tertiary alicyclic amines) is 1. The fourth-order valence-electron chi connectivity index (χ4n) is 2.53.